The van der Waals surface area contributed by atoms with E-state index in [4.69, 9.17) is 4.74 Å². The van der Waals surface area contributed by atoms with Crippen LogP contribution in [0.15, 0.2) is 12.1 Å². The molecule has 0 bridgehead atoms. The second-order valence-electron chi connectivity index (χ2n) is 5.83. The van der Waals surface area contributed by atoms with Crippen LogP contribution in [0.4, 0.5) is 0 Å². The molecule has 0 spiro atoms. The van der Waals surface area contributed by atoms with E-state index in [2.05, 4.69) is 37.1 Å². The van der Waals surface area contributed by atoms with Crippen molar-refractivity contribution in [2.75, 3.05) is 13.2 Å². The number of pyridine rings is 1. The van der Waals surface area contributed by atoms with Gasteiger partial charge in [0, 0.05) is 12.2 Å². The van der Waals surface area contributed by atoms with Gasteiger partial charge in [0.15, 0.2) is 0 Å². The van der Waals surface area contributed by atoms with Crippen molar-refractivity contribution < 1.29 is 4.74 Å². The SMILES string of the molecule is CCCCCCOc1ccc(C)nc1CNCC(C)C. The number of ether oxygens (including phenoxy) is 1. The average molecular weight is 278 g/mol. The third-order valence-electron chi connectivity index (χ3n) is 3.17. The minimum Gasteiger partial charge on any atom is -0.492 e. The molecule has 20 heavy (non-hydrogen) atoms. The topological polar surface area (TPSA) is 34.1 Å². The number of hydrogen-bond donors (Lipinski definition) is 1. The highest BCUT2D eigenvalue weighted by molar-refractivity contribution is 5.29. The Labute approximate surface area is 124 Å². The molecule has 3 nitrogen and oxygen atoms in total. The molecule has 0 atom stereocenters. The molecular weight excluding hydrogens is 248 g/mol. The first-order valence-electron chi connectivity index (χ1n) is 7.93. The quantitative estimate of drug-likeness (QED) is 0.654. The lowest BCUT2D eigenvalue weighted by molar-refractivity contribution is 0.299. The van der Waals surface area contributed by atoms with Crippen LogP contribution in [0.3, 0.4) is 0 Å². The molecule has 0 saturated carbocycles. The largest absolute Gasteiger partial charge is 0.492 e. The van der Waals surface area contributed by atoms with Gasteiger partial charge in [-0.2, -0.15) is 0 Å². The highest BCUT2D eigenvalue weighted by Crippen LogP contribution is 2.17. The van der Waals surface area contributed by atoms with Gasteiger partial charge >= 0.3 is 0 Å². The fourth-order valence-corrected chi connectivity index (χ4v) is 2.05. The lowest BCUT2D eigenvalue weighted by Crippen LogP contribution is -2.20. The number of aromatic nitrogens is 1. The number of rotatable bonds is 10. The van der Waals surface area contributed by atoms with Crippen molar-refractivity contribution in [1.82, 2.24) is 10.3 Å². The van der Waals surface area contributed by atoms with Crippen LogP contribution in [0, 0.1) is 12.8 Å². The van der Waals surface area contributed by atoms with Crippen LogP contribution < -0.4 is 10.1 Å². The molecule has 0 aromatic carbocycles. The standard InChI is InChI=1S/C17H30N2O/c1-5-6-7-8-11-20-17-10-9-15(4)19-16(17)13-18-12-14(2)3/h9-10,14,18H,5-8,11-13H2,1-4H3. The summed E-state index contributed by atoms with van der Waals surface area (Å²) in [6.45, 7) is 11.3. The van der Waals surface area contributed by atoms with Crippen molar-refractivity contribution in [1.29, 1.82) is 0 Å². The minimum absolute atomic E-state index is 0.651. The summed E-state index contributed by atoms with van der Waals surface area (Å²) in [4.78, 5) is 4.60. The summed E-state index contributed by atoms with van der Waals surface area (Å²) in [7, 11) is 0. The van der Waals surface area contributed by atoms with E-state index in [-0.39, 0.29) is 0 Å². The van der Waals surface area contributed by atoms with Crippen LogP contribution in [0.5, 0.6) is 5.75 Å². The molecule has 1 aromatic rings. The molecule has 0 unspecified atom stereocenters. The van der Waals surface area contributed by atoms with Gasteiger partial charge in [-0.1, -0.05) is 40.0 Å². The first-order valence-corrected chi connectivity index (χ1v) is 7.93. The van der Waals surface area contributed by atoms with Crippen molar-refractivity contribution in [3.05, 3.63) is 23.5 Å². The third kappa shape index (κ3) is 6.90. The zero-order valence-corrected chi connectivity index (χ0v) is 13.5. The average Bonchev–Trinajstić information content (AvgIpc) is 2.40. The maximum Gasteiger partial charge on any atom is 0.142 e. The number of aryl methyl sites for hydroxylation is 1. The van der Waals surface area contributed by atoms with Gasteiger partial charge in [0.2, 0.25) is 0 Å². The van der Waals surface area contributed by atoms with Gasteiger partial charge in [-0.05, 0) is 37.9 Å². The summed E-state index contributed by atoms with van der Waals surface area (Å²) < 4.78 is 5.89. The predicted octanol–water partition coefficient (Wildman–Crippen LogP) is 4.09. The second-order valence-corrected chi connectivity index (χ2v) is 5.83. The van der Waals surface area contributed by atoms with E-state index in [1.54, 1.807) is 0 Å². The highest BCUT2D eigenvalue weighted by atomic mass is 16.5. The van der Waals surface area contributed by atoms with E-state index in [0.717, 1.165) is 43.3 Å². The monoisotopic (exact) mass is 278 g/mol. The van der Waals surface area contributed by atoms with E-state index < -0.39 is 0 Å². The first-order chi connectivity index (χ1) is 9.63. The van der Waals surface area contributed by atoms with E-state index in [9.17, 15) is 0 Å². The number of hydrogen-bond acceptors (Lipinski definition) is 3. The van der Waals surface area contributed by atoms with Crippen molar-refractivity contribution >= 4 is 0 Å². The number of unbranched alkanes of at least 4 members (excludes halogenated alkanes) is 3. The molecule has 1 rings (SSSR count). The Kier molecular flexibility index (Phi) is 8.28. The summed E-state index contributed by atoms with van der Waals surface area (Å²) >= 11 is 0. The Bertz CT molecular complexity index is 377. The summed E-state index contributed by atoms with van der Waals surface area (Å²) in [6.07, 6.45) is 4.92. The normalized spacial score (nSPS) is 11.1. The summed E-state index contributed by atoms with van der Waals surface area (Å²) in [5.41, 5.74) is 2.07. The van der Waals surface area contributed by atoms with Gasteiger partial charge in [-0.25, -0.2) is 0 Å². The molecule has 1 N–H and O–H groups in total. The summed E-state index contributed by atoms with van der Waals surface area (Å²) in [5.74, 6) is 1.58. The number of nitrogens with zero attached hydrogens (tertiary/aromatic N) is 1. The zero-order chi connectivity index (χ0) is 14.8. The fourth-order valence-electron chi connectivity index (χ4n) is 2.05. The molecule has 0 aliphatic carbocycles. The van der Waals surface area contributed by atoms with Gasteiger partial charge in [0.25, 0.3) is 0 Å². The smallest absolute Gasteiger partial charge is 0.142 e. The summed E-state index contributed by atoms with van der Waals surface area (Å²) in [6, 6.07) is 4.07. The van der Waals surface area contributed by atoms with E-state index in [1.165, 1.54) is 19.3 Å². The highest BCUT2D eigenvalue weighted by Gasteiger charge is 2.06. The molecule has 1 heterocycles. The summed E-state index contributed by atoms with van der Waals surface area (Å²) in [5, 5.41) is 3.44. The molecule has 114 valence electrons. The molecule has 3 heteroatoms. The van der Waals surface area contributed by atoms with Crippen molar-refractivity contribution in [2.45, 2.75) is 59.9 Å². The maximum absolute atomic E-state index is 5.89. The Hall–Kier alpha value is -1.09. The van der Waals surface area contributed by atoms with E-state index in [0.29, 0.717) is 5.92 Å². The van der Waals surface area contributed by atoms with Crippen molar-refractivity contribution in [3.63, 3.8) is 0 Å². The Balaban J connectivity index is 2.47. The molecular formula is C17H30N2O. The van der Waals surface area contributed by atoms with Crippen LogP contribution in [-0.4, -0.2) is 18.1 Å². The van der Waals surface area contributed by atoms with Gasteiger partial charge in [0.05, 0.1) is 12.3 Å². The maximum atomic E-state index is 5.89. The lowest BCUT2D eigenvalue weighted by atomic mass is 10.2. The lowest BCUT2D eigenvalue weighted by Gasteiger charge is -2.13. The second kappa shape index (κ2) is 9.76. The fraction of sp³-hybridized carbons (Fsp3) is 0.706. The van der Waals surface area contributed by atoms with Crippen LogP contribution in [0.2, 0.25) is 0 Å². The molecule has 0 fully saturated rings. The van der Waals surface area contributed by atoms with Crippen molar-refractivity contribution in [2.24, 2.45) is 5.92 Å². The first kappa shape index (κ1) is 17.0. The zero-order valence-electron chi connectivity index (χ0n) is 13.5. The van der Waals surface area contributed by atoms with Gasteiger partial charge in [-0.3, -0.25) is 4.98 Å². The Morgan fingerprint density at radius 2 is 2.00 bits per heavy atom. The van der Waals surface area contributed by atoms with Crippen LogP contribution in [-0.2, 0) is 6.54 Å². The molecule has 0 amide bonds. The molecule has 0 aliphatic rings. The van der Waals surface area contributed by atoms with Gasteiger partial charge in [0.1, 0.15) is 5.75 Å². The van der Waals surface area contributed by atoms with E-state index >= 15 is 0 Å². The van der Waals surface area contributed by atoms with Gasteiger partial charge in [-0.15, -0.1) is 0 Å². The van der Waals surface area contributed by atoms with Crippen LogP contribution in [0.1, 0.15) is 57.8 Å². The van der Waals surface area contributed by atoms with E-state index in [1.807, 2.05) is 13.0 Å². The Morgan fingerprint density at radius 1 is 1.20 bits per heavy atom. The number of nitrogens with one attached hydrogen (secondary N) is 1. The van der Waals surface area contributed by atoms with Crippen LogP contribution in [0.25, 0.3) is 0 Å². The minimum atomic E-state index is 0.651. The third-order valence-corrected chi connectivity index (χ3v) is 3.17. The molecule has 0 radical (unpaired) electrons. The molecule has 1 aromatic heterocycles. The van der Waals surface area contributed by atoms with Gasteiger partial charge < -0.3 is 10.1 Å². The predicted molar refractivity (Wildman–Crippen MR) is 85.2 cm³/mol. The molecule has 0 aliphatic heterocycles. The molecule has 0 saturated heterocycles. The van der Waals surface area contributed by atoms with Crippen molar-refractivity contribution in [3.8, 4) is 5.75 Å². The Morgan fingerprint density at radius 3 is 2.70 bits per heavy atom. The van der Waals surface area contributed by atoms with Crippen LogP contribution >= 0.6 is 0 Å².